The van der Waals surface area contributed by atoms with Crippen molar-refractivity contribution in [1.29, 1.82) is 0 Å². The van der Waals surface area contributed by atoms with Crippen LogP contribution in [0.4, 0.5) is 0 Å². The second-order valence-corrected chi connectivity index (χ2v) is 6.18. The Kier molecular flexibility index (Phi) is 5.99. The highest BCUT2D eigenvalue weighted by atomic mass is 16.4. The maximum absolute atomic E-state index is 12.3. The first-order valence-corrected chi connectivity index (χ1v) is 8.05. The summed E-state index contributed by atoms with van der Waals surface area (Å²) in [5.41, 5.74) is 0. The highest BCUT2D eigenvalue weighted by Crippen LogP contribution is 2.38. The van der Waals surface area contributed by atoms with Gasteiger partial charge in [-0.1, -0.05) is 13.3 Å². The predicted octanol–water partition coefficient (Wildman–Crippen LogP) is 0.145. The molecular formula is C15H27N3O3. The lowest BCUT2D eigenvalue weighted by Crippen LogP contribution is -2.47. The van der Waals surface area contributed by atoms with Gasteiger partial charge in [-0.05, 0) is 18.8 Å². The molecule has 1 saturated carbocycles. The zero-order valence-electron chi connectivity index (χ0n) is 12.8. The van der Waals surface area contributed by atoms with Crippen LogP contribution in [0.15, 0.2) is 0 Å². The van der Waals surface area contributed by atoms with Gasteiger partial charge in [0.15, 0.2) is 0 Å². The zero-order chi connectivity index (χ0) is 15.2. The highest BCUT2D eigenvalue weighted by Gasteiger charge is 2.41. The first-order valence-electron chi connectivity index (χ1n) is 8.05. The summed E-state index contributed by atoms with van der Waals surface area (Å²) in [7, 11) is 0. The number of carboxylic acid groups (broad SMARTS) is 1. The van der Waals surface area contributed by atoms with Crippen LogP contribution in [-0.4, -0.2) is 61.2 Å². The average Bonchev–Trinajstić information content (AvgIpc) is 2.93. The normalized spacial score (nSPS) is 30.2. The first kappa shape index (κ1) is 16.2. The topological polar surface area (TPSA) is 81.7 Å². The number of hydrogen-bond acceptors (Lipinski definition) is 4. The van der Waals surface area contributed by atoms with E-state index in [2.05, 4.69) is 22.5 Å². The smallest absolute Gasteiger partial charge is 0.307 e. The minimum atomic E-state index is -0.826. The molecule has 6 nitrogen and oxygen atoms in total. The third kappa shape index (κ3) is 4.41. The van der Waals surface area contributed by atoms with Crippen molar-refractivity contribution >= 4 is 11.9 Å². The van der Waals surface area contributed by atoms with E-state index in [0.717, 1.165) is 39.1 Å². The maximum Gasteiger partial charge on any atom is 0.307 e. The van der Waals surface area contributed by atoms with Gasteiger partial charge in [0.1, 0.15) is 0 Å². The fourth-order valence-electron chi connectivity index (χ4n) is 3.44. The number of aliphatic carboxylic acids is 1. The molecule has 3 atom stereocenters. The molecule has 1 amide bonds. The second-order valence-electron chi connectivity index (χ2n) is 6.18. The quantitative estimate of drug-likeness (QED) is 0.650. The largest absolute Gasteiger partial charge is 0.481 e. The summed E-state index contributed by atoms with van der Waals surface area (Å²) >= 11 is 0. The van der Waals surface area contributed by atoms with Crippen LogP contribution < -0.4 is 10.6 Å². The summed E-state index contributed by atoms with van der Waals surface area (Å²) in [5.74, 6) is -1.39. The number of carbonyl (C=O) groups excluding carboxylic acids is 1. The van der Waals surface area contributed by atoms with Gasteiger partial charge in [0.2, 0.25) is 5.91 Å². The maximum atomic E-state index is 12.3. The van der Waals surface area contributed by atoms with Crippen molar-refractivity contribution in [2.45, 2.75) is 26.2 Å². The summed E-state index contributed by atoms with van der Waals surface area (Å²) < 4.78 is 0. The molecule has 2 fully saturated rings. The number of carboxylic acids is 1. The fourth-order valence-corrected chi connectivity index (χ4v) is 3.44. The van der Waals surface area contributed by atoms with E-state index in [4.69, 9.17) is 0 Å². The van der Waals surface area contributed by atoms with Gasteiger partial charge in [-0.2, -0.15) is 0 Å². The number of nitrogens with zero attached hydrogens (tertiary/aromatic N) is 1. The monoisotopic (exact) mass is 297 g/mol. The summed E-state index contributed by atoms with van der Waals surface area (Å²) in [4.78, 5) is 25.9. The van der Waals surface area contributed by atoms with Gasteiger partial charge in [-0.3, -0.25) is 14.5 Å². The molecular weight excluding hydrogens is 270 g/mol. The van der Waals surface area contributed by atoms with Crippen molar-refractivity contribution in [3.63, 3.8) is 0 Å². The van der Waals surface area contributed by atoms with Gasteiger partial charge >= 0.3 is 5.97 Å². The first-order chi connectivity index (χ1) is 10.1. The molecule has 0 aromatic carbocycles. The average molecular weight is 297 g/mol. The fraction of sp³-hybridized carbons (Fsp3) is 0.867. The summed E-state index contributed by atoms with van der Waals surface area (Å²) in [6, 6.07) is 0. The Morgan fingerprint density at radius 3 is 2.52 bits per heavy atom. The molecule has 21 heavy (non-hydrogen) atoms. The third-order valence-electron chi connectivity index (χ3n) is 4.83. The van der Waals surface area contributed by atoms with Gasteiger partial charge in [0.05, 0.1) is 11.8 Å². The van der Waals surface area contributed by atoms with Crippen LogP contribution in [0.25, 0.3) is 0 Å². The van der Waals surface area contributed by atoms with Gasteiger partial charge in [0.25, 0.3) is 0 Å². The number of nitrogens with one attached hydrogen (secondary N) is 2. The standard InChI is InChI=1S/C15H27N3O3/c1-2-11-9-12(13(10-11)15(20)21)14(19)17-5-8-18-6-3-16-4-7-18/h11-13,16H,2-10H2,1H3,(H,17,19)(H,20,21). The van der Waals surface area contributed by atoms with Gasteiger partial charge in [0, 0.05) is 39.3 Å². The van der Waals surface area contributed by atoms with Gasteiger partial charge < -0.3 is 15.7 Å². The zero-order valence-corrected chi connectivity index (χ0v) is 12.8. The molecule has 0 radical (unpaired) electrons. The second kappa shape index (κ2) is 7.75. The van der Waals surface area contributed by atoms with E-state index in [1.54, 1.807) is 0 Å². The van der Waals surface area contributed by atoms with E-state index >= 15 is 0 Å². The van der Waals surface area contributed by atoms with Crippen LogP contribution in [0, 0.1) is 17.8 Å². The summed E-state index contributed by atoms with van der Waals surface area (Å²) in [5, 5.41) is 15.5. The van der Waals surface area contributed by atoms with E-state index in [-0.39, 0.29) is 11.8 Å². The SMILES string of the molecule is CCC1CC(C(=O)O)C(C(=O)NCCN2CCNCC2)C1. The molecule has 1 saturated heterocycles. The summed E-state index contributed by atoms with van der Waals surface area (Å²) in [6.45, 7) is 7.53. The number of piperazine rings is 1. The Balaban J connectivity index is 1.77. The summed E-state index contributed by atoms with van der Waals surface area (Å²) in [6.07, 6.45) is 2.31. The van der Waals surface area contributed by atoms with E-state index in [1.165, 1.54) is 0 Å². The van der Waals surface area contributed by atoms with E-state index in [1.807, 2.05) is 0 Å². The van der Waals surface area contributed by atoms with Crippen LogP contribution >= 0.6 is 0 Å². The van der Waals surface area contributed by atoms with Crippen molar-refractivity contribution in [1.82, 2.24) is 15.5 Å². The Bertz CT molecular complexity index is 369. The molecule has 0 spiro atoms. The lowest BCUT2D eigenvalue weighted by Gasteiger charge is -2.27. The molecule has 0 aromatic heterocycles. The van der Waals surface area contributed by atoms with Crippen molar-refractivity contribution in [2.75, 3.05) is 39.3 Å². The van der Waals surface area contributed by atoms with E-state index < -0.39 is 11.9 Å². The molecule has 1 aliphatic carbocycles. The van der Waals surface area contributed by atoms with E-state index in [0.29, 0.717) is 25.3 Å². The number of amides is 1. The lowest BCUT2D eigenvalue weighted by molar-refractivity contribution is -0.146. The number of carbonyl (C=O) groups is 2. The molecule has 2 aliphatic rings. The number of rotatable bonds is 6. The van der Waals surface area contributed by atoms with Crippen LogP contribution in [0.1, 0.15) is 26.2 Å². The van der Waals surface area contributed by atoms with Gasteiger partial charge in [-0.25, -0.2) is 0 Å². The van der Waals surface area contributed by atoms with Crippen molar-refractivity contribution < 1.29 is 14.7 Å². The van der Waals surface area contributed by atoms with Crippen LogP contribution in [-0.2, 0) is 9.59 Å². The van der Waals surface area contributed by atoms with Crippen molar-refractivity contribution in [3.8, 4) is 0 Å². The third-order valence-corrected chi connectivity index (χ3v) is 4.83. The lowest BCUT2D eigenvalue weighted by atomic mass is 9.95. The van der Waals surface area contributed by atoms with Crippen LogP contribution in [0.2, 0.25) is 0 Å². The molecule has 6 heteroatoms. The van der Waals surface area contributed by atoms with E-state index in [9.17, 15) is 14.7 Å². The molecule has 2 rings (SSSR count). The Hall–Kier alpha value is -1.14. The molecule has 120 valence electrons. The Labute approximate surface area is 126 Å². The molecule has 0 bridgehead atoms. The molecule has 3 N–H and O–H groups in total. The van der Waals surface area contributed by atoms with Crippen LogP contribution in [0.3, 0.4) is 0 Å². The minimum absolute atomic E-state index is 0.0755. The van der Waals surface area contributed by atoms with Crippen molar-refractivity contribution in [3.05, 3.63) is 0 Å². The molecule has 1 heterocycles. The van der Waals surface area contributed by atoms with Gasteiger partial charge in [-0.15, -0.1) is 0 Å². The molecule has 1 aliphatic heterocycles. The molecule has 3 unspecified atom stereocenters. The minimum Gasteiger partial charge on any atom is -0.481 e. The van der Waals surface area contributed by atoms with Crippen molar-refractivity contribution in [2.24, 2.45) is 17.8 Å². The molecule has 0 aromatic rings. The van der Waals surface area contributed by atoms with Crippen LogP contribution in [0.5, 0.6) is 0 Å². The number of hydrogen-bond donors (Lipinski definition) is 3. The Morgan fingerprint density at radius 2 is 1.90 bits per heavy atom. The Morgan fingerprint density at radius 1 is 1.24 bits per heavy atom. The highest BCUT2D eigenvalue weighted by molar-refractivity contribution is 5.85. The predicted molar refractivity (Wildman–Crippen MR) is 80.0 cm³/mol.